The molecule has 0 aliphatic heterocycles. The summed E-state index contributed by atoms with van der Waals surface area (Å²) in [5.74, 6) is -0.452. The summed E-state index contributed by atoms with van der Waals surface area (Å²) in [6.45, 7) is 3.68. The van der Waals surface area contributed by atoms with Crippen LogP contribution in [0.5, 0.6) is 5.75 Å². The molecule has 2 aromatic heterocycles. The van der Waals surface area contributed by atoms with Gasteiger partial charge in [-0.05, 0) is 38.1 Å². The summed E-state index contributed by atoms with van der Waals surface area (Å²) in [5.41, 5.74) is 1.56. The van der Waals surface area contributed by atoms with E-state index in [4.69, 9.17) is 0 Å². The Balaban J connectivity index is 1.96. The second kappa shape index (κ2) is 6.23. The number of H-pyrrole nitrogens is 1. The number of aryl methyl sites for hydroxylation is 1. The maximum atomic E-state index is 12.6. The molecule has 0 bridgehead atoms. The van der Waals surface area contributed by atoms with Gasteiger partial charge in [-0.1, -0.05) is 0 Å². The molecule has 3 rings (SSSR count). The highest BCUT2D eigenvalue weighted by molar-refractivity contribution is 5.78. The number of hydrogen-bond donors (Lipinski definition) is 1. The number of aromatic amines is 1. The molecular weight excluding hydrogens is 337 g/mol. The van der Waals surface area contributed by atoms with E-state index in [1.807, 2.05) is 19.9 Å². The Kier molecular flexibility index (Phi) is 4.23. The predicted octanol–water partition coefficient (Wildman–Crippen LogP) is 3.13. The Morgan fingerprint density at radius 3 is 2.72 bits per heavy atom. The van der Waals surface area contributed by atoms with Gasteiger partial charge in [0.2, 0.25) is 0 Å². The lowest BCUT2D eigenvalue weighted by molar-refractivity contribution is -0.274. The van der Waals surface area contributed by atoms with Crippen molar-refractivity contribution in [1.82, 2.24) is 19.7 Å². The quantitative estimate of drug-likeness (QED) is 0.783. The summed E-state index contributed by atoms with van der Waals surface area (Å²) < 4.78 is 42.3. The second-order valence-electron chi connectivity index (χ2n) is 5.78. The molecule has 0 unspecified atom stereocenters. The largest absolute Gasteiger partial charge is 0.573 e. The van der Waals surface area contributed by atoms with E-state index < -0.39 is 17.7 Å². The van der Waals surface area contributed by atoms with Crippen LogP contribution < -0.4 is 10.3 Å². The molecule has 2 heterocycles. The van der Waals surface area contributed by atoms with Crippen LogP contribution in [0, 0.1) is 6.92 Å². The van der Waals surface area contributed by atoms with Crippen LogP contribution in [0.3, 0.4) is 0 Å². The molecule has 0 aliphatic rings. The fourth-order valence-corrected chi connectivity index (χ4v) is 2.61. The molecule has 0 fully saturated rings. The van der Waals surface area contributed by atoms with E-state index in [1.165, 1.54) is 17.0 Å². The van der Waals surface area contributed by atoms with Crippen LogP contribution in [0.25, 0.3) is 10.9 Å². The molecule has 1 aromatic carbocycles. The molecule has 0 aliphatic carbocycles. The number of nitrogens with zero attached hydrogens (tertiary/aromatic N) is 3. The van der Waals surface area contributed by atoms with E-state index in [2.05, 4.69) is 19.9 Å². The van der Waals surface area contributed by atoms with Crippen molar-refractivity contribution in [3.63, 3.8) is 0 Å². The lowest BCUT2D eigenvalue weighted by atomic mass is 10.1. The standard InChI is InChI=1S/C16H15F3N4O2/c1-9-5-11(22-21-9)6-10(2)23-8-20-14-4-3-12(25-16(17,18)19)7-13(14)15(23)24/h3-5,7-8,10H,6H2,1-2H3,(H,21,22)/t10-/m1/s1. The molecule has 0 saturated carbocycles. The van der Waals surface area contributed by atoms with Gasteiger partial charge in [-0.3, -0.25) is 14.5 Å². The number of aromatic nitrogens is 4. The van der Waals surface area contributed by atoms with Gasteiger partial charge in [0.1, 0.15) is 5.75 Å². The Labute approximate surface area is 140 Å². The van der Waals surface area contributed by atoms with Crippen molar-refractivity contribution in [2.75, 3.05) is 0 Å². The van der Waals surface area contributed by atoms with Gasteiger partial charge >= 0.3 is 6.36 Å². The number of rotatable bonds is 4. The molecule has 0 amide bonds. The third-order valence-electron chi connectivity index (χ3n) is 3.73. The molecule has 1 N–H and O–H groups in total. The molecule has 6 nitrogen and oxygen atoms in total. The van der Waals surface area contributed by atoms with Crippen molar-refractivity contribution in [3.8, 4) is 5.75 Å². The first-order valence-corrected chi connectivity index (χ1v) is 7.50. The molecule has 1 atom stereocenters. The van der Waals surface area contributed by atoms with Crippen LogP contribution in [-0.4, -0.2) is 26.1 Å². The van der Waals surface area contributed by atoms with Crippen molar-refractivity contribution < 1.29 is 17.9 Å². The normalized spacial score (nSPS) is 13.2. The summed E-state index contributed by atoms with van der Waals surface area (Å²) in [6.07, 6.45) is -2.95. The van der Waals surface area contributed by atoms with E-state index in [1.54, 1.807) is 0 Å². The first-order chi connectivity index (χ1) is 11.7. The Morgan fingerprint density at radius 1 is 1.32 bits per heavy atom. The van der Waals surface area contributed by atoms with Crippen LogP contribution in [-0.2, 0) is 6.42 Å². The molecular formula is C16H15F3N4O2. The number of hydrogen-bond acceptors (Lipinski definition) is 4. The topological polar surface area (TPSA) is 72.8 Å². The molecule has 25 heavy (non-hydrogen) atoms. The lowest BCUT2D eigenvalue weighted by Gasteiger charge is -2.14. The first-order valence-electron chi connectivity index (χ1n) is 7.50. The van der Waals surface area contributed by atoms with Gasteiger partial charge < -0.3 is 4.74 Å². The minimum Gasteiger partial charge on any atom is -0.406 e. The van der Waals surface area contributed by atoms with E-state index in [0.717, 1.165) is 23.5 Å². The van der Waals surface area contributed by atoms with Crippen LogP contribution in [0.2, 0.25) is 0 Å². The van der Waals surface area contributed by atoms with Gasteiger partial charge in [0.15, 0.2) is 0 Å². The SMILES string of the molecule is Cc1cc(C[C@@H](C)n2cnc3ccc(OC(F)(F)F)cc3c2=O)n[nH]1. The zero-order chi connectivity index (χ0) is 18.2. The molecule has 0 saturated heterocycles. The van der Waals surface area contributed by atoms with Crippen molar-refractivity contribution in [3.05, 3.63) is 52.3 Å². The number of nitrogens with one attached hydrogen (secondary N) is 1. The van der Waals surface area contributed by atoms with Crippen molar-refractivity contribution in [2.45, 2.75) is 32.7 Å². The third-order valence-corrected chi connectivity index (χ3v) is 3.73. The van der Waals surface area contributed by atoms with E-state index in [0.29, 0.717) is 11.9 Å². The highest BCUT2D eigenvalue weighted by Gasteiger charge is 2.31. The maximum Gasteiger partial charge on any atom is 0.573 e. The minimum absolute atomic E-state index is 0.0642. The van der Waals surface area contributed by atoms with Gasteiger partial charge in [0, 0.05) is 18.2 Å². The maximum absolute atomic E-state index is 12.6. The molecule has 0 radical (unpaired) electrons. The summed E-state index contributed by atoms with van der Waals surface area (Å²) >= 11 is 0. The smallest absolute Gasteiger partial charge is 0.406 e. The third kappa shape index (κ3) is 3.81. The number of halogens is 3. The van der Waals surface area contributed by atoms with E-state index in [-0.39, 0.29) is 11.4 Å². The zero-order valence-electron chi connectivity index (χ0n) is 13.5. The van der Waals surface area contributed by atoms with Gasteiger partial charge in [-0.25, -0.2) is 4.98 Å². The fourth-order valence-electron chi connectivity index (χ4n) is 2.61. The zero-order valence-corrected chi connectivity index (χ0v) is 13.5. The molecule has 132 valence electrons. The predicted molar refractivity (Wildman–Crippen MR) is 84.4 cm³/mol. The van der Waals surface area contributed by atoms with E-state index >= 15 is 0 Å². The van der Waals surface area contributed by atoms with Crippen molar-refractivity contribution in [1.29, 1.82) is 0 Å². The average molecular weight is 352 g/mol. The summed E-state index contributed by atoms with van der Waals surface area (Å²) in [4.78, 5) is 16.8. The number of ether oxygens (including phenoxy) is 1. The van der Waals surface area contributed by atoms with Crippen LogP contribution in [0.15, 0.2) is 35.4 Å². The number of alkyl halides is 3. The van der Waals surface area contributed by atoms with Crippen LogP contribution >= 0.6 is 0 Å². The minimum atomic E-state index is -4.82. The molecule has 9 heteroatoms. The second-order valence-corrected chi connectivity index (χ2v) is 5.78. The van der Waals surface area contributed by atoms with Crippen LogP contribution in [0.4, 0.5) is 13.2 Å². The summed E-state index contributed by atoms with van der Waals surface area (Å²) in [5, 5.41) is 7.01. The molecule has 3 aromatic rings. The lowest BCUT2D eigenvalue weighted by Crippen LogP contribution is -2.25. The summed E-state index contributed by atoms with van der Waals surface area (Å²) in [7, 11) is 0. The van der Waals surface area contributed by atoms with Gasteiger partial charge in [-0.2, -0.15) is 5.10 Å². The average Bonchev–Trinajstić information content (AvgIpc) is 2.91. The monoisotopic (exact) mass is 352 g/mol. The number of benzene rings is 1. The van der Waals surface area contributed by atoms with Crippen molar-refractivity contribution in [2.24, 2.45) is 0 Å². The first kappa shape index (κ1) is 17.0. The van der Waals surface area contributed by atoms with Crippen LogP contribution in [0.1, 0.15) is 24.4 Å². The Morgan fingerprint density at radius 2 is 2.08 bits per heavy atom. The van der Waals surface area contributed by atoms with Gasteiger partial charge in [0.05, 0.1) is 22.9 Å². The highest BCUT2D eigenvalue weighted by Crippen LogP contribution is 2.24. The van der Waals surface area contributed by atoms with Crippen molar-refractivity contribution >= 4 is 10.9 Å². The number of fused-ring (bicyclic) bond motifs is 1. The van der Waals surface area contributed by atoms with Gasteiger partial charge in [0.25, 0.3) is 5.56 Å². The Bertz CT molecular complexity index is 962. The Hall–Kier alpha value is -2.84. The van der Waals surface area contributed by atoms with Gasteiger partial charge in [-0.15, -0.1) is 13.2 Å². The summed E-state index contributed by atoms with van der Waals surface area (Å²) in [6, 6.07) is 5.11. The highest BCUT2D eigenvalue weighted by atomic mass is 19.4. The van der Waals surface area contributed by atoms with E-state index in [9.17, 15) is 18.0 Å². The fraction of sp³-hybridized carbons (Fsp3) is 0.312. The molecule has 0 spiro atoms.